The SMILES string of the molecule is O=C(CCBr)Nc1cncnc1. The van der Waals surface area contributed by atoms with E-state index in [9.17, 15) is 4.79 Å². The smallest absolute Gasteiger partial charge is 0.225 e. The van der Waals surface area contributed by atoms with Crippen molar-refractivity contribution in [3.05, 3.63) is 18.7 Å². The van der Waals surface area contributed by atoms with Gasteiger partial charge in [-0.3, -0.25) is 4.79 Å². The van der Waals surface area contributed by atoms with Crippen LogP contribution >= 0.6 is 15.9 Å². The highest BCUT2D eigenvalue weighted by molar-refractivity contribution is 9.09. The summed E-state index contributed by atoms with van der Waals surface area (Å²) in [7, 11) is 0. The number of anilines is 1. The molecule has 4 nitrogen and oxygen atoms in total. The minimum atomic E-state index is -0.0401. The van der Waals surface area contributed by atoms with Crippen molar-refractivity contribution in [3.63, 3.8) is 0 Å². The predicted molar refractivity (Wildman–Crippen MR) is 49.1 cm³/mol. The van der Waals surface area contributed by atoms with Crippen molar-refractivity contribution in [1.29, 1.82) is 0 Å². The topological polar surface area (TPSA) is 54.9 Å². The molecule has 1 aromatic heterocycles. The maximum atomic E-state index is 11.0. The number of carbonyl (C=O) groups is 1. The van der Waals surface area contributed by atoms with Crippen LogP contribution < -0.4 is 5.32 Å². The van der Waals surface area contributed by atoms with Gasteiger partial charge < -0.3 is 5.32 Å². The zero-order valence-corrected chi connectivity index (χ0v) is 7.91. The molecule has 5 heteroatoms. The van der Waals surface area contributed by atoms with Crippen LogP contribution in [-0.4, -0.2) is 21.2 Å². The van der Waals surface area contributed by atoms with Crippen LogP contribution in [0.1, 0.15) is 6.42 Å². The molecule has 12 heavy (non-hydrogen) atoms. The van der Waals surface area contributed by atoms with Gasteiger partial charge in [0, 0.05) is 11.8 Å². The predicted octanol–water partition coefficient (Wildman–Crippen LogP) is 1.20. The Morgan fingerprint density at radius 3 is 2.75 bits per heavy atom. The molecule has 0 saturated carbocycles. The van der Waals surface area contributed by atoms with E-state index in [1.165, 1.54) is 6.33 Å². The highest BCUT2D eigenvalue weighted by Crippen LogP contribution is 2.01. The number of alkyl halides is 1. The Bertz CT molecular complexity index is 252. The Morgan fingerprint density at radius 1 is 1.50 bits per heavy atom. The molecule has 0 bridgehead atoms. The van der Waals surface area contributed by atoms with Crippen LogP contribution in [0.5, 0.6) is 0 Å². The molecule has 0 spiro atoms. The Kier molecular flexibility index (Phi) is 3.66. The summed E-state index contributed by atoms with van der Waals surface area (Å²) in [5.74, 6) is -0.0401. The number of nitrogens with zero attached hydrogens (tertiary/aromatic N) is 2. The van der Waals surface area contributed by atoms with E-state index in [0.29, 0.717) is 17.4 Å². The maximum absolute atomic E-state index is 11.0. The van der Waals surface area contributed by atoms with Crippen molar-refractivity contribution in [3.8, 4) is 0 Å². The molecule has 0 atom stereocenters. The quantitative estimate of drug-likeness (QED) is 0.793. The molecule has 0 aromatic carbocycles. The summed E-state index contributed by atoms with van der Waals surface area (Å²) >= 11 is 3.17. The summed E-state index contributed by atoms with van der Waals surface area (Å²) in [5.41, 5.74) is 0.628. The molecule has 0 saturated heterocycles. The Labute approximate surface area is 78.5 Å². The zero-order chi connectivity index (χ0) is 8.81. The first kappa shape index (κ1) is 9.12. The van der Waals surface area contributed by atoms with Crippen LogP contribution in [0.4, 0.5) is 5.69 Å². The molecule has 1 rings (SSSR count). The van der Waals surface area contributed by atoms with Gasteiger partial charge in [0.2, 0.25) is 5.91 Å². The van der Waals surface area contributed by atoms with Gasteiger partial charge in [0.1, 0.15) is 6.33 Å². The van der Waals surface area contributed by atoms with E-state index in [4.69, 9.17) is 0 Å². The number of rotatable bonds is 3. The highest BCUT2D eigenvalue weighted by atomic mass is 79.9. The summed E-state index contributed by atoms with van der Waals surface area (Å²) in [6, 6.07) is 0. The number of aromatic nitrogens is 2. The monoisotopic (exact) mass is 229 g/mol. The second-order valence-corrected chi connectivity index (χ2v) is 2.91. The molecule has 1 heterocycles. The molecule has 0 aliphatic carbocycles. The van der Waals surface area contributed by atoms with Crippen molar-refractivity contribution in [2.24, 2.45) is 0 Å². The van der Waals surface area contributed by atoms with Gasteiger partial charge in [0.25, 0.3) is 0 Å². The van der Waals surface area contributed by atoms with Crippen molar-refractivity contribution in [1.82, 2.24) is 9.97 Å². The summed E-state index contributed by atoms with van der Waals surface area (Å²) < 4.78 is 0. The molecule has 0 unspecified atom stereocenters. The second kappa shape index (κ2) is 4.82. The average Bonchev–Trinajstić information content (AvgIpc) is 2.06. The van der Waals surface area contributed by atoms with Gasteiger partial charge in [-0.1, -0.05) is 15.9 Å². The number of nitrogens with one attached hydrogen (secondary N) is 1. The maximum Gasteiger partial charge on any atom is 0.225 e. The van der Waals surface area contributed by atoms with Crippen molar-refractivity contribution in [2.75, 3.05) is 10.6 Å². The first-order valence-electron chi connectivity index (χ1n) is 3.44. The summed E-state index contributed by atoms with van der Waals surface area (Å²) in [5, 5.41) is 3.31. The van der Waals surface area contributed by atoms with Crippen molar-refractivity contribution < 1.29 is 4.79 Å². The fourth-order valence-electron chi connectivity index (χ4n) is 0.673. The lowest BCUT2D eigenvalue weighted by atomic mass is 10.4. The molecule has 0 fully saturated rings. The normalized spacial score (nSPS) is 9.42. The molecule has 1 N–H and O–H groups in total. The summed E-state index contributed by atoms with van der Waals surface area (Å²) in [4.78, 5) is 18.5. The number of hydrogen-bond donors (Lipinski definition) is 1. The second-order valence-electron chi connectivity index (χ2n) is 2.11. The van der Waals surface area contributed by atoms with E-state index >= 15 is 0 Å². The molecule has 0 aliphatic heterocycles. The van der Waals surface area contributed by atoms with Gasteiger partial charge in [-0.05, 0) is 0 Å². The standard InChI is InChI=1S/C7H8BrN3O/c8-2-1-7(12)11-6-3-9-5-10-4-6/h3-5H,1-2H2,(H,11,12). The van der Waals surface area contributed by atoms with Crippen LogP contribution in [0, 0.1) is 0 Å². The van der Waals surface area contributed by atoms with Gasteiger partial charge in [-0.15, -0.1) is 0 Å². The molecule has 0 radical (unpaired) electrons. The van der Waals surface area contributed by atoms with Crippen LogP contribution in [0.25, 0.3) is 0 Å². The van der Waals surface area contributed by atoms with Crippen molar-refractivity contribution >= 4 is 27.5 Å². The Hall–Kier alpha value is -0.970. The van der Waals surface area contributed by atoms with E-state index in [-0.39, 0.29) is 5.91 Å². The van der Waals surface area contributed by atoms with Crippen LogP contribution in [0.2, 0.25) is 0 Å². The van der Waals surface area contributed by atoms with E-state index in [0.717, 1.165) is 0 Å². The van der Waals surface area contributed by atoms with Crippen LogP contribution in [0.3, 0.4) is 0 Å². The summed E-state index contributed by atoms with van der Waals surface area (Å²) in [6.45, 7) is 0. The largest absolute Gasteiger partial charge is 0.323 e. The molecular weight excluding hydrogens is 222 g/mol. The van der Waals surface area contributed by atoms with Gasteiger partial charge in [0.05, 0.1) is 18.1 Å². The van der Waals surface area contributed by atoms with Gasteiger partial charge in [-0.2, -0.15) is 0 Å². The van der Waals surface area contributed by atoms with E-state index in [1.807, 2.05) is 0 Å². The lowest BCUT2D eigenvalue weighted by Gasteiger charge is -2.00. The average molecular weight is 230 g/mol. The van der Waals surface area contributed by atoms with Crippen molar-refractivity contribution in [2.45, 2.75) is 6.42 Å². The van der Waals surface area contributed by atoms with Gasteiger partial charge >= 0.3 is 0 Å². The number of hydrogen-bond acceptors (Lipinski definition) is 3. The highest BCUT2D eigenvalue weighted by Gasteiger charge is 1.99. The summed E-state index contributed by atoms with van der Waals surface area (Å²) in [6.07, 6.45) is 4.98. The zero-order valence-electron chi connectivity index (χ0n) is 6.33. The van der Waals surface area contributed by atoms with Gasteiger partial charge in [0.15, 0.2) is 0 Å². The van der Waals surface area contributed by atoms with E-state index in [2.05, 4.69) is 31.2 Å². The fourth-order valence-corrected chi connectivity index (χ4v) is 1.03. The Morgan fingerprint density at radius 2 is 2.17 bits per heavy atom. The first-order chi connectivity index (χ1) is 5.83. The first-order valence-corrected chi connectivity index (χ1v) is 4.56. The third kappa shape index (κ3) is 2.96. The molecule has 0 aliphatic rings. The molecule has 64 valence electrons. The molecular formula is C7H8BrN3O. The third-order valence-electron chi connectivity index (χ3n) is 1.17. The molecule has 1 amide bonds. The number of carbonyl (C=O) groups excluding carboxylic acids is 1. The van der Waals surface area contributed by atoms with E-state index < -0.39 is 0 Å². The number of halogens is 1. The lowest BCUT2D eigenvalue weighted by Crippen LogP contribution is -2.11. The minimum Gasteiger partial charge on any atom is -0.323 e. The number of amides is 1. The van der Waals surface area contributed by atoms with Crippen LogP contribution in [0.15, 0.2) is 18.7 Å². The Balaban J connectivity index is 2.47. The minimum absolute atomic E-state index is 0.0401. The molecule has 1 aromatic rings. The van der Waals surface area contributed by atoms with Gasteiger partial charge in [-0.25, -0.2) is 9.97 Å². The van der Waals surface area contributed by atoms with Crippen LogP contribution in [-0.2, 0) is 4.79 Å². The fraction of sp³-hybridized carbons (Fsp3) is 0.286. The third-order valence-corrected chi connectivity index (χ3v) is 1.56. The lowest BCUT2D eigenvalue weighted by molar-refractivity contribution is -0.115. The van der Waals surface area contributed by atoms with E-state index in [1.54, 1.807) is 12.4 Å².